The summed E-state index contributed by atoms with van der Waals surface area (Å²) in [5, 5.41) is 9.47. The molecular weight excluding hydrogens is 190 g/mol. The molecule has 0 aliphatic heterocycles. The van der Waals surface area contributed by atoms with Crippen LogP contribution in [0.1, 0.15) is 52.9 Å². The number of carboxylic acid groups (broad SMARTS) is 1. The van der Waals surface area contributed by atoms with Gasteiger partial charge in [0.1, 0.15) is 5.54 Å². The molecule has 0 aromatic carbocycles. The lowest BCUT2D eigenvalue weighted by Gasteiger charge is -2.40. The summed E-state index contributed by atoms with van der Waals surface area (Å²) in [6, 6.07) is 0.319. The molecule has 0 bridgehead atoms. The van der Waals surface area contributed by atoms with Crippen molar-refractivity contribution in [1.29, 1.82) is 0 Å². The topological polar surface area (TPSA) is 40.5 Å². The zero-order valence-electron chi connectivity index (χ0n) is 10.1. The maximum atomic E-state index is 11.5. The van der Waals surface area contributed by atoms with Crippen molar-refractivity contribution in [1.82, 2.24) is 4.90 Å². The standard InChI is InChI=1S/C12H23NO2/c1-4-9-13(10(2)3)12(11(14)15)7-5-6-8-12/h10H,4-9H2,1-3H3,(H,14,15). The van der Waals surface area contributed by atoms with Crippen LogP contribution in [0.25, 0.3) is 0 Å². The molecule has 0 unspecified atom stereocenters. The molecule has 1 N–H and O–H groups in total. The van der Waals surface area contributed by atoms with Gasteiger partial charge < -0.3 is 5.11 Å². The monoisotopic (exact) mass is 213 g/mol. The Morgan fingerprint density at radius 1 is 1.40 bits per heavy atom. The second-order valence-electron chi connectivity index (χ2n) is 4.83. The van der Waals surface area contributed by atoms with Crippen molar-refractivity contribution >= 4 is 5.97 Å². The van der Waals surface area contributed by atoms with E-state index in [1.165, 1.54) is 0 Å². The average molecular weight is 213 g/mol. The largest absolute Gasteiger partial charge is 0.480 e. The van der Waals surface area contributed by atoms with Crippen molar-refractivity contribution in [2.45, 2.75) is 64.5 Å². The van der Waals surface area contributed by atoms with Crippen molar-refractivity contribution in [3.63, 3.8) is 0 Å². The highest BCUT2D eigenvalue weighted by atomic mass is 16.4. The van der Waals surface area contributed by atoms with Crippen molar-refractivity contribution in [3.05, 3.63) is 0 Å². The zero-order valence-corrected chi connectivity index (χ0v) is 10.1. The van der Waals surface area contributed by atoms with Crippen LogP contribution >= 0.6 is 0 Å². The first-order valence-corrected chi connectivity index (χ1v) is 6.04. The van der Waals surface area contributed by atoms with Crippen molar-refractivity contribution in [2.75, 3.05) is 6.54 Å². The molecule has 3 heteroatoms. The first-order chi connectivity index (χ1) is 7.04. The molecule has 0 atom stereocenters. The second kappa shape index (κ2) is 4.97. The molecule has 1 fully saturated rings. The van der Waals surface area contributed by atoms with Gasteiger partial charge in [-0.1, -0.05) is 19.8 Å². The molecule has 1 saturated carbocycles. The van der Waals surface area contributed by atoms with Crippen molar-refractivity contribution in [3.8, 4) is 0 Å². The number of hydrogen-bond acceptors (Lipinski definition) is 2. The van der Waals surface area contributed by atoms with Crippen LogP contribution in [-0.4, -0.2) is 34.1 Å². The Hall–Kier alpha value is -0.570. The van der Waals surface area contributed by atoms with E-state index in [2.05, 4.69) is 25.7 Å². The number of hydrogen-bond donors (Lipinski definition) is 1. The molecule has 0 heterocycles. The molecule has 1 aliphatic rings. The fraction of sp³-hybridized carbons (Fsp3) is 0.917. The molecule has 0 amide bonds. The van der Waals surface area contributed by atoms with Gasteiger partial charge >= 0.3 is 5.97 Å². The van der Waals surface area contributed by atoms with Gasteiger partial charge in [0.05, 0.1) is 0 Å². The lowest BCUT2D eigenvalue weighted by atomic mass is 9.93. The third-order valence-corrected chi connectivity index (χ3v) is 3.47. The summed E-state index contributed by atoms with van der Waals surface area (Å²) in [7, 11) is 0. The van der Waals surface area contributed by atoms with Gasteiger partial charge in [-0.25, -0.2) is 0 Å². The van der Waals surface area contributed by atoms with E-state index in [0.717, 1.165) is 38.6 Å². The Kier molecular flexibility index (Phi) is 4.14. The second-order valence-corrected chi connectivity index (χ2v) is 4.83. The SMILES string of the molecule is CCCN(C(C)C)C1(C(=O)O)CCCC1. The number of carbonyl (C=O) groups is 1. The van der Waals surface area contributed by atoms with E-state index < -0.39 is 11.5 Å². The van der Waals surface area contributed by atoms with Gasteiger partial charge in [-0.3, -0.25) is 9.69 Å². The zero-order chi connectivity index (χ0) is 11.5. The van der Waals surface area contributed by atoms with Crippen LogP contribution in [0.5, 0.6) is 0 Å². The molecule has 88 valence electrons. The van der Waals surface area contributed by atoms with Crippen LogP contribution in [0.4, 0.5) is 0 Å². The van der Waals surface area contributed by atoms with Crippen LogP contribution in [-0.2, 0) is 4.79 Å². The lowest BCUT2D eigenvalue weighted by Crippen LogP contribution is -2.55. The highest BCUT2D eigenvalue weighted by Gasteiger charge is 2.46. The Morgan fingerprint density at radius 2 is 1.93 bits per heavy atom. The van der Waals surface area contributed by atoms with E-state index in [9.17, 15) is 9.90 Å². The van der Waals surface area contributed by atoms with Gasteiger partial charge in [0.2, 0.25) is 0 Å². The first kappa shape index (κ1) is 12.5. The summed E-state index contributed by atoms with van der Waals surface area (Å²) in [4.78, 5) is 13.7. The molecule has 0 aromatic rings. The summed E-state index contributed by atoms with van der Waals surface area (Å²) in [5.74, 6) is -0.623. The molecule has 3 nitrogen and oxygen atoms in total. The van der Waals surface area contributed by atoms with Crippen LogP contribution in [0, 0.1) is 0 Å². The van der Waals surface area contributed by atoms with Gasteiger partial charge in [-0.05, 0) is 39.7 Å². The van der Waals surface area contributed by atoms with E-state index in [4.69, 9.17) is 0 Å². The summed E-state index contributed by atoms with van der Waals surface area (Å²) < 4.78 is 0. The summed E-state index contributed by atoms with van der Waals surface area (Å²) >= 11 is 0. The molecule has 1 rings (SSSR count). The Bertz CT molecular complexity index is 220. The third kappa shape index (κ3) is 2.33. The lowest BCUT2D eigenvalue weighted by molar-refractivity contribution is -0.153. The highest BCUT2D eigenvalue weighted by Crippen LogP contribution is 2.36. The molecule has 0 saturated heterocycles. The number of aliphatic carboxylic acids is 1. The molecule has 0 spiro atoms. The normalized spacial score (nSPS) is 20.1. The first-order valence-electron chi connectivity index (χ1n) is 6.04. The predicted molar refractivity (Wildman–Crippen MR) is 61.0 cm³/mol. The summed E-state index contributed by atoms with van der Waals surface area (Å²) in [6.45, 7) is 7.20. The predicted octanol–water partition coefficient (Wildman–Crippen LogP) is 2.50. The van der Waals surface area contributed by atoms with Crippen molar-refractivity contribution < 1.29 is 9.90 Å². The fourth-order valence-corrected chi connectivity index (χ4v) is 2.79. The van der Waals surface area contributed by atoms with Crippen LogP contribution in [0.3, 0.4) is 0 Å². The van der Waals surface area contributed by atoms with Crippen molar-refractivity contribution in [2.24, 2.45) is 0 Å². The van der Waals surface area contributed by atoms with E-state index in [-0.39, 0.29) is 0 Å². The summed E-state index contributed by atoms with van der Waals surface area (Å²) in [5.41, 5.74) is -0.565. The molecule has 0 aromatic heterocycles. The Balaban J connectivity index is 2.89. The minimum Gasteiger partial charge on any atom is -0.480 e. The quantitative estimate of drug-likeness (QED) is 0.763. The third-order valence-electron chi connectivity index (χ3n) is 3.47. The number of nitrogens with zero attached hydrogens (tertiary/aromatic N) is 1. The van der Waals surface area contributed by atoms with Crippen LogP contribution in [0.2, 0.25) is 0 Å². The molecule has 0 radical (unpaired) electrons. The van der Waals surface area contributed by atoms with E-state index in [1.54, 1.807) is 0 Å². The molecule has 1 aliphatic carbocycles. The highest BCUT2D eigenvalue weighted by molar-refractivity contribution is 5.79. The van der Waals surface area contributed by atoms with E-state index in [1.807, 2.05) is 0 Å². The van der Waals surface area contributed by atoms with Crippen LogP contribution in [0.15, 0.2) is 0 Å². The van der Waals surface area contributed by atoms with E-state index in [0.29, 0.717) is 6.04 Å². The van der Waals surface area contributed by atoms with Crippen LogP contribution < -0.4 is 0 Å². The van der Waals surface area contributed by atoms with Gasteiger partial charge in [0.15, 0.2) is 0 Å². The number of rotatable bonds is 5. The van der Waals surface area contributed by atoms with Gasteiger partial charge in [-0.2, -0.15) is 0 Å². The minimum absolute atomic E-state index is 0.319. The smallest absolute Gasteiger partial charge is 0.324 e. The maximum Gasteiger partial charge on any atom is 0.324 e. The molecule has 15 heavy (non-hydrogen) atoms. The minimum atomic E-state index is -0.623. The molecular formula is C12H23NO2. The number of carboxylic acids is 1. The van der Waals surface area contributed by atoms with E-state index >= 15 is 0 Å². The van der Waals surface area contributed by atoms with Gasteiger partial charge in [0, 0.05) is 6.04 Å². The average Bonchev–Trinajstić information content (AvgIpc) is 2.63. The van der Waals surface area contributed by atoms with Gasteiger partial charge in [-0.15, -0.1) is 0 Å². The maximum absolute atomic E-state index is 11.5. The van der Waals surface area contributed by atoms with Gasteiger partial charge in [0.25, 0.3) is 0 Å². The Labute approximate surface area is 92.5 Å². The summed E-state index contributed by atoms with van der Waals surface area (Å²) in [6.07, 6.45) is 4.77. The fourth-order valence-electron chi connectivity index (χ4n) is 2.79. The Morgan fingerprint density at radius 3 is 2.27 bits per heavy atom.